The first-order valence-electron chi connectivity index (χ1n) is 11.7. The Morgan fingerprint density at radius 2 is 1.91 bits per heavy atom. The average molecular weight is 456 g/mol. The molecule has 3 aromatic heterocycles. The Morgan fingerprint density at radius 1 is 1.15 bits per heavy atom. The maximum Gasteiger partial charge on any atom is 0.259 e. The number of nitrogens with one attached hydrogen (secondary N) is 2. The Hall–Kier alpha value is -3.78. The van der Waals surface area contributed by atoms with E-state index in [1.165, 1.54) is 24.0 Å². The molecule has 0 atom stereocenters. The molecule has 0 unspecified atom stereocenters. The molecule has 4 N–H and O–H groups in total. The number of aromatic amines is 1. The third-order valence-electron chi connectivity index (χ3n) is 6.67. The lowest BCUT2D eigenvalue weighted by Gasteiger charge is -2.30. The molecule has 4 aromatic rings. The van der Waals surface area contributed by atoms with Gasteiger partial charge in [-0.05, 0) is 86.1 Å². The van der Waals surface area contributed by atoms with Crippen LogP contribution in [0.3, 0.4) is 0 Å². The Bertz CT molecular complexity index is 1370. The number of aryl methyl sites for hydroxylation is 1. The minimum atomic E-state index is -0.189. The molecule has 8 heteroatoms. The monoisotopic (exact) mass is 455 g/mol. The van der Waals surface area contributed by atoms with Crippen LogP contribution in [-0.2, 0) is 6.42 Å². The number of hydrogen-bond donors (Lipinski definition) is 3. The van der Waals surface area contributed by atoms with Crippen molar-refractivity contribution in [3.8, 4) is 11.3 Å². The standard InChI is InChI=1S/C26H29N7O/c1-3-16-12-20(4-5-21(16)17-7-10-33(2)11-8-17)31-24-23-18(6-9-28-25(23)34)13-22(32-24)19-14-29-26(27)30-15-19/h4-6,9,12-15,17H,3,7-8,10-11H2,1-2H3,(H,28,34)(H,31,32)(H2,27,29,30). The number of hydrogen-bond acceptors (Lipinski definition) is 7. The predicted octanol–water partition coefficient (Wildman–Crippen LogP) is 4.08. The molecule has 1 aliphatic rings. The van der Waals surface area contributed by atoms with Crippen LogP contribution in [0.5, 0.6) is 0 Å². The first-order chi connectivity index (χ1) is 16.5. The van der Waals surface area contributed by atoms with Gasteiger partial charge in [-0.15, -0.1) is 0 Å². The lowest BCUT2D eigenvalue weighted by molar-refractivity contribution is 0.255. The number of nitrogen functional groups attached to an aromatic ring is 1. The molecule has 1 aromatic carbocycles. The van der Waals surface area contributed by atoms with E-state index >= 15 is 0 Å². The topological polar surface area (TPSA) is 113 Å². The summed E-state index contributed by atoms with van der Waals surface area (Å²) in [4.78, 5) is 30.8. The second-order valence-corrected chi connectivity index (χ2v) is 8.93. The van der Waals surface area contributed by atoms with Gasteiger partial charge in [0.05, 0.1) is 11.1 Å². The van der Waals surface area contributed by atoms with Crippen molar-refractivity contribution in [2.45, 2.75) is 32.1 Å². The Labute approximate surface area is 198 Å². The smallest absolute Gasteiger partial charge is 0.259 e. The largest absolute Gasteiger partial charge is 0.368 e. The first kappa shape index (κ1) is 22.0. The third kappa shape index (κ3) is 4.36. The first-order valence-corrected chi connectivity index (χ1v) is 11.7. The van der Waals surface area contributed by atoms with Gasteiger partial charge in [0.2, 0.25) is 5.95 Å². The number of piperidine rings is 1. The summed E-state index contributed by atoms with van der Waals surface area (Å²) >= 11 is 0. The van der Waals surface area contributed by atoms with E-state index in [4.69, 9.17) is 10.7 Å². The molecule has 4 heterocycles. The van der Waals surface area contributed by atoms with Gasteiger partial charge in [-0.3, -0.25) is 4.79 Å². The summed E-state index contributed by atoms with van der Waals surface area (Å²) in [6, 6.07) is 10.3. The van der Waals surface area contributed by atoms with Crippen LogP contribution in [0.4, 0.5) is 17.5 Å². The summed E-state index contributed by atoms with van der Waals surface area (Å²) in [6.45, 7) is 4.46. The number of nitrogens with two attached hydrogens (primary N) is 1. The van der Waals surface area contributed by atoms with Crippen molar-refractivity contribution in [1.29, 1.82) is 0 Å². The van der Waals surface area contributed by atoms with Crippen LogP contribution in [-0.4, -0.2) is 45.0 Å². The fraction of sp³-hybridized carbons (Fsp3) is 0.308. The predicted molar refractivity (Wildman–Crippen MR) is 136 cm³/mol. The quantitative estimate of drug-likeness (QED) is 0.416. The third-order valence-corrected chi connectivity index (χ3v) is 6.67. The van der Waals surface area contributed by atoms with Crippen LogP contribution in [0.2, 0.25) is 0 Å². The molecule has 1 aliphatic heterocycles. The summed E-state index contributed by atoms with van der Waals surface area (Å²) in [5.74, 6) is 1.30. The van der Waals surface area contributed by atoms with E-state index in [2.05, 4.69) is 57.3 Å². The van der Waals surface area contributed by atoms with Gasteiger partial charge in [0.15, 0.2) is 0 Å². The van der Waals surface area contributed by atoms with E-state index in [1.807, 2.05) is 12.1 Å². The molecule has 1 fully saturated rings. The zero-order chi connectivity index (χ0) is 23.7. The van der Waals surface area contributed by atoms with Crippen molar-refractivity contribution in [3.63, 3.8) is 0 Å². The van der Waals surface area contributed by atoms with Crippen LogP contribution in [0, 0.1) is 0 Å². The Kier molecular flexibility index (Phi) is 5.98. The fourth-order valence-electron chi connectivity index (χ4n) is 4.77. The summed E-state index contributed by atoms with van der Waals surface area (Å²) in [5.41, 5.74) is 10.5. The van der Waals surface area contributed by atoms with Crippen molar-refractivity contribution in [1.82, 2.24) is 24.8 Å². The highest BCUT2D eigenvalue weighted by Crippen LogP contribution is 2.33. The number of fused-ring (bicyclic) bond motifs is 1. The molecule has 0 radical (unpaired) electrons. The maximum absolute atomic E-state index is 12.7. The van der Waals surface area contributed by atoms with Gasteiger partial charge in [0.25, 0.3) is 5.56 Å². The molecule has 0 aliphatic carbocycles. The minimum absolute atomic E-state index is 0.189. The van der Waals surface area contributed by atoms with Crippen LogP contribution in [0.1, 0.15) is 36.8 Å². The summed E-state index contributed by atoms with van der Waals surface area (Å²) in [5, 5.41) is 4.71. The Balaban J connectivity index is 1.54. The van der Waals surface area contributed by atoms with Gasteiger partial charge in [-0.25, -0.2) is 15.0 Å². The highest BCUT2D eigenvalue weighted by atomic mass is 16.1. The number of anilines is 3. The van der Waals surface area contributed by atoms with E-state index in [9.17, 15) is 4.79 Å². The highest BCUT2D eigenvalue weighted by molar-refractivity contribution is 5.95. The van der Waals surface area contributed by atoms with Crippen molar-refractivity contribution in [2.75, 3.05) is 31.2 Å². The maximum atomic E-state index is 12.7. The van der Waals surface area contributed by atoms with Gasteiger partial charge < -0.3 is 20.9 Å². The SMILES string of the molecule is CCc1cc(Nc2nc(-c3cnc(N)nc3)cc3cc[nH]c(=O)c23)ccc1C1CCN(C)CC1. The van der Waals surface area contributed by atoms with E-state index in [1.54, 1.807) is 18.6 Å². The summed E-state index contributed by atoms with van der Waals surface area (Å²) < 4.78 is 0. The number of likely N-dealkylation sites (tertiary alicyclic amines) is 1. The number of pyridine rings is 2. The van der Waals surface area contributed by atoms with Crippen molar-refractivity contribution < 1.29 is 0 Å². The lowest BCUT2D eigenvalue weighted by atomic mass is 9.85. The number of benzene rings is 1. The Morgan fingerprint density at radius 3 is 2.65 bits per heavy atom. The van der Waals surface area contributed by atoms with Crippen LogP contribution in [0.25, 0.3) is 22.0 Å². The zero-order valence-corrected chi connectivity index (χ0v) is 19.5. The fourth-order valence-corrected chi connectivity index (χ4v) is 4.77. The normalized spacial score (nSPS) is 15.0. The van der Waals surface area contributed by atoms with E-state index in [0.717, 1.165) is 36.1 Å². The van der Waals surface area contributed by atoms with Gasteiger partial charge >= 0.3 is 0 Å². The van der Waals surface area contributed by atoms with Gasteiger partial charge in [-0.1, -0.05) is 13.0 Å². The van der Waals surface area contributed by atoms with Gasteiger partial charge in [0.1, 0.15) is 5.82 Å². The molecule has 34 heavy (non-hydrogen) atoms. The minimum Gasteiger partial charge on any atom is -0.368 e. The lowest BCUT2D eigenvalue weighted by Crippen LogP contribution is -2.29. The second kappa shape index (κ2) is 9.23. The molecule has 0 amide bonds. The molecule has 0 saturated carbocycles. The van der Waals surface area contributed by atoms with E-state index < -0.39 is 0 Å². The van der Waals surface area contributed by atoms with Crippen molar-refractivity contribution in [2.24, 2.45) is 0 Å². The zero-order valence-electron chi connectivity index (χ0n) is 19.5. The molecule has 8 nitrogen and oxygen atoms in total. The molecule has 5 rings (SSSR count). The molecular weight excluding hydrogens is 426 g/mol. The average Bonchev–Trinajstić information content (AvgIpc) is 2.85. The summed E-state index contributed by atoms with van der Waals surface area (Å²) in [6.07, 6.45) is 8.24. The number of nitrogens with zero attached hydrogens (tertiary/aromatic N) is 4. The van der Waals surface area contributed by atoms with Crippen LogP contribution in [0.15, 0.2) is 53.7 Å². The van der Waals surface area contributed by atoms with Crippen LogP contribution >= 0.6 is 0 Å². The van der Waals surface area contributed by atoms with Crippen LogP contribution < -0.4 is 16.6 Å². The molecule has 174 valence electrons. The summed E-state index contributed by atoms with van der Waals surface area (Å²) in [7, 11) is 2.19. The number of aromatic nitrogens is 4. The van der Waals surface area contributed by atoms with Crippen molar-refractivity contribution >= 4 is 28.2 Å². The molecular formula is C26H29N7O. The van der Waals surface area contributed by atoms with Gasteiger partial charge in [0, 0.05) is 29.8 Å². The van der Waals surface area contributed by atoms with Gasteiger partial charge in [-0.2, -0.15) is 0 Å². The number of rotatable bonds is 5. The number of H-pyrrole nitrogens is 1. The van der Waals surface area contributed by atoms with E-state index in [0.29, 0.717) is 22.8 Å². The molecule has 0 bridgehead atoms. The van der Waals surface area contributed by atoms with E-state index in [-0.39, 0.29) is 11.5 Å². The molecule has 1 saturated heterocycles. The highest BCUT2D eigenvalue weighted by Gasteiger charge is 2.21. The van der Waals surface area contributed by atoms with Crippen molar-refractivity contribution in [3.05, 3.63) is 70.4 Å². The second-order valence-electron chi connectivity index (χ2n) is 8.93. The molecule has 0 spiro atoms.